The summed E-state index contributed by atoms with van der Waals surface area (Å²) in [5, 5.41) is 16.7. The molecule has 0 aliphatic carbocycles. The number of carboxylic acid groups (broad SMARTS) is 1. The van der Waals surface area contributed by atoms with Crippen molar-refractivity contribution in [3.05, 3.63) is 29.8 Å². The lowest BCUT2D eigenvalue weighted by Crippen LogP contribution is -2.56. The highest BCUT2D eigenvalue weighted by atomic mass is 19.4. The van der Waals surface area contributed by atoms with Crippen molar-refractivity contribution in [2.45, 2.75) is 59.3 Å². The minimum absolute atomic E-state index is 0.00466. The van der Waals surface area contributed by atoms with Crippen LogP contribution in [-0.4, -0.2) is 35.1 Å². The van der Waals surface area contributed by atoms with E-state index in [1.54, 1.807) is 20.8 Å². The Kier molecular flexibility index (Phi) is 8.26. The molecule has 0 aromatic heterocycles. The zero-order valence-corrected chi connectivity index (χ0v) is 17.6. The lowest BCUT2D eigenvalue weighted by Gasteiger charge is -2.30. The first-order chi connectivity index (χ1) is 13.6. The Hall–Kier alpha value is -2.78. The van der Waals surface area contributed by atoms with Gasteiger partial charge < -0.3 is 21.1 Å². The van der Waals surface area contributed by atoms with Crippen LogP contribution in [0.3, 0.4) is 0 Å². The fourth-order valence-corrected chi connectivity index (χ4v) is 2.66. The third-order valence-electron chi connectivity index (χ3n) is 4.20. The third kappa shape index (κ3) is 7.92. The molecular weight excluding hydrogens is 403 g/mol. The van der Waals surface area contributed by atoms with Crippen LogP contribution in [0.25, 0.3) is 0 Å². The first kappa shape index (κ1) is 25.3. The largest absolute Gasteiger partial charge is 0.480 e. The van der Waals surface area contributed by atoms with E-state index in [0.717, 1.165) is 24.3 Å². The van der Waals surface area contributed by atoms with Crippen molar-refractivity contribution >= 4 is 23.6 Å². The van der Waals surface area contributed by atoms with Gasteiger partial charge in [-0.15, -0.1) is 0 Å². The van der Waals surface area contributed by atoms with E-state index >= 15 is 0 Å². The van der Waals surface area contributed by atoms with Crippen molar-refractivity contribution < 1.29 is 32.7 Å². The first-order valence-electron chi connectivity index (χ1n) is 9.39. The van der Waals surface area contributed by atoms with Crippen molar-refractivity contribution in [1.29, 1.82) is 0 Å². The standard InChI is InChI=1S/C20H28F3N3O4/c1-11(2)10-14(16(27)26-15(17(28)29)19(3,4)5)25-18(30)24-13-8-6-12(7-9-13)20(21,22)23/h6-9,11,14-15H,10H2,1-5H3,(H,26,27)(H,28,29)(H2,24,25,30)/t14-,15?/m0/s1. The molecule has 1 unspecified atom stereocenters. The number of carbonyl (C=O) groups is 3. The number of alkyl halides is 3. The molecule has 0 fully saturated rings. The molecular formula is C20H28F3N3O4. The van der Waals surface area contributed by atoms with Crippen molar-refractivity contribution in [2.24, 2.45) is 11.3 Å². The molecule has 0 radical (unpaired) electrons. The molecule has 0 aliphatic rings. The van der Waals surface area contributed by atoms with Crippen molar-refractivity contribution in [1.82, 2.24) is 10.6 Å². The number of benzene rings is 1. The molecule has 3 amide bonds. The number of urea groups is 1. The minimum Gasteiger partial charge on any atom is -0.480 e. The Labute approximate surface area is 173 Å². The summed E-state index contributed by atoms with van der Waals surface area (Å²) in [5.41, 5.74) is -1.50. The van der Waals surface area contributed by atoms with Gasteiger partial charge in [0.1, 0.15) is 12.1 Å². The number of hydrogen-bond donors (Lipinski definition) is 4. The Morgan fingerprint density at radius 1 is 1.00 bits per heavy atom. The van der Waals surface area contributed by atoms with Gasteiger partial charge in [-0.2, -0.15) is 13.2 Å². The summed E-state index contributed by atoms with van der Waals surface area (Å²) < 4.78 is 37.9. The fourth-order valence-electron chi connectivity index (χ4n) is 2.66. The zero-order valence-electron chi connectivity index (χ0n) is 17.6. The van der Waals surface area contributed by atoms with Crippen molar-refractivity contribution in [3.8, 4) is 0 Å². The molecule has 2 atom stereocenters. The Morgan fingerprint density at radius 3 is 1.93 bits per heavy atom. The SMILES string of the molecule is CC(C)C[C@H](NC(=O)Nc1ccc(C(F)(F)F)cc1)C(=O)NC(C(=O)O)C(C)(C)C. The van der Waals surface area contributed by atoms with Gasteiger partial charge in [-0.1, -0.05) is 34.6 Å². The lowest BCUT2D eigenvalue weighted by atomic mass is 9.86. The quantitative estimate of drug-likeness (QED) is 0.526. The van der Waals surface area contributed by atoms with Crippen LogP contribution < -0.4 is 16.0 Å². The maximum atomic E-state index is 12.6. The van der Waals surface area contributed by atoms with E-state index in [-0.39, 0.29) is 18.0 Å². The summed E-state index contributed by atoms with van der Waals surface area (Å²) in [6.45, 7) is 8.64. The first-order valence-corrected chi connectivity index (χ1v) is 9.39. The zero-order chi connectivity index (χ0) is 23.3. The predicted molar refractivity (Wildman–Crippen MR) is 106 cm³/mol. The molecule has 1 aromatic carbocycles. The predicted octanol–water partition coefficient (Wildman–Crippen LogP) is 3.86. The van der Waals surface area contributed by atoms with Crippen LogP contribution in [0, 0.1) is 11.3 Å². The minimum atomic E-state index is -4.49. The smallest absolute Gasteiger partial charge is 0.416 e. The van der Waals surface area contributed by atoms with Crippen molar-refractivity contribution in [3.63, 3.8) is 0 Å². The van der Waals surface area contributed by atoms with Crippen LogP contribution >= 0.6 is 0 Å². The molecule has 30 heavy (non-hydrogen) atoms. The summed E-state index contributed by atoms with van der Waals surface area (Å²) in [6, 6.07) is 0.866. The third-order valence-corrected chi connectivity index (χ3v) is 4.20. The number of anilines is 1. The van der Waals surface area contributed by atoms with E-state index in [9.17, 15) is 32.7 Å². The second-order valence-electron chi connectivity index (χ2n) is 8.50. The molecule has 1 aromatic rings. The van der Waals surface area contributed by atoms with E-state index in [1.165, 1.54) is 0 Å². The van der Waals surface area contributed by atoms with E-state index in [1.807, 2.05) is 13.8 Å². The number of rotatable bonds is 7. The molecule has 10 heteroatoms. The number of amides is 3. The maximum Gasteiger partial charge on any atom is 0.416 e. The summed E-state index contributed by atoms with van der Waals surface area (Å²) in [6.07, 6.45) is -4.25. The van der Waals surface area contributed by atoms with Crippen LogP contribution in [0.5, 0.6) is 0 Å². The molecule has 4 N–H and O–H groups in total. The maximum absolute atomic E-state index is 12.6. The average Bonchev–Trinajstić information content (AvgIpc) is 2.56. The van der Waals surface area contributed by atoms with Crippen LogP contribution in [0.15, 0.2) is 24.3 Å². The number of nitrogens with one attached hydrogen (secondary N) is 3. The number of carboxylic acids is 1. The average molecular weight is 431 g/mol. The van der Waals surface area contributed by atoms with Crippen LogP contribution in [0.2, 0.25) is 0 Å². The van der Waals surface area contributed by atoms with Gasteiger partial charge in [0.05, 0.1) is 5.56 Å². The molecule has 0 aliphatic heterocycles. The molecule has 0 heterocycles. The molecule has 0 saturated heterocycles. The van der Waals surface area contributed by atoms with Gasteiger partial charge in [0.25, 0.3) is 0 Å². The molecule has 0 saturated carbocycles. The van der Waals surface area contributed by atoms with E-state index < -0.39 is 47.1 Å². The molecule has 0 bridgehead atoms. The Bertz CT molecular complexity index is 756. The number of carbonyl (C=O) groups excluding carboxylic acids is 2. The number of halogens is 3. The Morgan fingerprint density at radius 2 is 1.53 bits per heavy atom. The van der Waals surface area contributed by atoms with Gasteiger partial charge in [0.2, 0.25) is 5.91 Å². The van der Waals surface area contributed by atoms with E-state index in [2.05, 4.69) is 16.0 Å². The molecule has 0 spiro atoms. The van der Waals surface area contributed by atoms with Gasteiger partial charge in [0, 0.05) is 5.69 Å². The summed E-state index contributed by atoms with van der Waals surface area (Å²) in [5.74, 6) is -1.85. The molecule has 1 rings (SSSR count). The lowest BCUT2D eigenvalue weighted by molar-refractivity contribution is -0.145. The van der Waals surface area contributed by atoms with Gasteiger partial charge in [-0.05, 0) is 42.0 Å². The normalized spacial score (nSPS) is 14.0. The number of aliphatic carboxylic acids is 1. The van der Waals surface area contributed by atoms with Crippen LogP contribution in [0.4, 0.5) is 23.7 Å². The van der Waals surface area contributed by atoms with Gasteiger partial charge in [-0.25, -0.2) is 9.59 Å². The highest BCUT2D eigenvalue weighted by Gasteiger charge is 2.35. The Balaban J connectivity index is 2.87. The summed E-state index contributed by atoms with van der Waals surface area (Å²) >= 11 is 0. The van der Waals surface area contributed by atoms with Crippen LogP contribution in [0.1, 0.15) is 46.6 Å². The second-order valence-corrected chi connectivity index (χ2v) is 8.50. The van der Waals surface area contributed by atoms with Gasteiger partial charge in [-0.3, -0.25) is 4.79 Å². The highest BCUT2D eigenvalue weighted by Crippen LogP contribution is 2.29. The number of hydrogen-bond acceptors (Lipinski definition) is 3. The van der Waals surface area contributed by atoms with Gasteiger partial charge >= 0.3 is 18.2 Å². The molecule has 7 nitrogen and oxygen atoms in total. The summed E-state index contributed by atoms with van der Waals surface area (Å²) in [7, 11) is 0. The topological polar surface area (TPSA) is 108 Å². The highest BCUT2D eigenvalue weighted by molar-refractivity contribution is 5.94. The second kappa shape index (κ2) is 9.82. The van der Waals surface area contributed by atoms with E-state index in [4.69, 9.17) is 0 Å². The van der Waals surface area contributed by atoms with E-state index in [0.29, 0.717) is 0 Å². The van der Waals surface area contributed by atoms with Gasteiger partial charge in [0.15, 0.2) is 0 Å². The summed E-state index contributed by atoms with van der Waals surface area (Å²) in [4.78, 5) is 36.4. The van der Waals surface area contributed by atoms with Crippen molar-refractivity contribution in [2.75, 3.05) is 5.32 Å². The van der Waals surface area contributed by atoms with Crippen LogP contribution in [-0.2, 0) is 15.8 Å². The molecule has 168 valence electrons. The fraction of sp³-hybridized carbons (Fsp3) is 0.550. The monoisotopic (exact) mass is 431 g/mol.